The molecule has 0 aliphatic carbocycles. The molecule has 2 heterocycles. The molecule has 3 aromatic rings. The molecular weight excluding hydrogens is 366 g/mol. The molecule has 4 rings (SSSR count). The van der Waals surface area contributed by atoms with Crippen molar-refractivity contribution in [2.24, 2.45) is 0 Å². The fourth-order valence-electron chi connectivity index (χ4n) is 3.28. The van der Waals surface area contributed by atoms with Crippen LogP contribution in [0.3, 0.4) is 0 Å². The van der Waals surface area contributed by atoms with Crippen LogP contribution in [-0.4, -0.2) is 40.7 Å². The van der Waals surface area contributed by atoms with Gasteiger partial charge in [0.05, 0.1) is 46.7 Å². The lowest BCUT2D eigenvalue weighted by molar-refractivity contribution is 0.310. The first-order chi connectivity index (χ1) is 13.7. The number of methoxy groups -OCH3 is 5. The summed E-state index contributed by atoms with van der Waals surface area (Å²) in [4.78, 5) is 0. The van der Waals surface area contributed by atoms with Crippen LogP contribution in [0.1, 0.15) is 0 Å². The highest BCUT2D eigenvalue weighted by Crippen LogP contribution is 2.57. The summed E-state index contributed by atoms with van der Waals surface area (Å²) in [5, 5.41) is 4.18. The number of rotatable bonds is 5. The SMILES string of the molecule is COc1cc(OC)c2c(c1)-c1nocc1-c1cc(OC)c(OC)c(OC)c1O2. The van der Waals surface area contributed by atoms with E-state index in [-0.39, 0.29) is 0 Å². The third kappa shape index (κ3) is 2.49. The highest BCUT2D eigenvalue weighted by atomic mass is 16.6. The molecule has 146 valence electrons. The Labute approximate surface area is 161 Å². The summed E-state index contributed by atoms with van der Waals surface area (Å²) < 4.78 is 39.1. The molecule has 8 heteroatoms. The van der Waals surface area contributed by atoms with Crippen molar-refractivity contribution in [3.8, 4) is 62.6 Å². The van der Waals surface area contributed by atoms with Crippen LogP contribution >= 0.6 is 0 Å². The zero-order valence-corrected chi connectivity index (χ0v) is 16.1. The molecule has 0 bridgehead atoms. The predicted molar refractivity (Wildman–Crippen MR) is 100 cm³/mol. The molecule has 0 fully saturated rings. The molecule has 28 heavy (non-hydrogen) atoms. The largest absolute Gasteiger partial charge is 0.497 e. The first-order valence-electron chi connectivity index (χ1n) is 8.38. The Bertz CT molecular complexity index is 1040. The van der Waals surface area contributed by atoms with Crippen molar-refractivity contribution >= 4 is 0 Å². The third-order valence-corrected chi connectivity index (χ3v) is 4.59. The molecule has 0 unspecified atom stereocenters. The van der Waals surface area contributed by atoms with Crippen LogP contribution in [0.25, 0.3) is 22.4 Å². The summed E-state index contributed by atoms with van der Waals surface area (Å²) in [5.41, 5.74) is 2.64. The molecule has 0 saturated carbocycles. The minimum absolute atomic E-state index is 0.384. The van der Waals surface area contributed by atoms with Gasteiger partial charge in [0, 0.05) is 11.6 Å². The fourth-order valence-corrected chi connectivity index (χ4v) is 3.28. The van der Waals surface area contributed by atoms with Crippen LogP contribution in [0.4, 0.5) is 0 Å². The van der Waals surface area contributed by atoms with E-state index in [0.717, 1.165) is 0 Å². The Hall–Kier alpha value is -3.55. The first-order valence-corrected chi connectivity index (χ1v) is 8.38. The number of ether oxygens (including phenoxy) is 6. The van der Waals surface area contributed by atoms with E-state index in [2.05, 4.69) is 5.16 Å². The molecule has 0 N–H and O–H groups in total. The lowest BCUT2D eigenvalue weighted by atomic mass is 10.0. The number of aromatic nitrogens is 1. The summed E-state index contributed by atoms with van der Waals surface area (Å²) in [5.74, 6) is 3.26. The molecule has 1 aliphatic rings. The van der Waals surface area contributed by atoms with Gasteiger partial charge in [0.25, 0.3) is 0 Å². The first kappa shape index (κ1) is 17.8. The molecule has 0 spiro atoms. The maximum atomic E-state index is 6.31. The summed E-state index contributed by atoms with van der Waals surface area (Å²) in [7, 11) is 7.76. The molecule has 0 amide bonds. The fraction of sp³-hybridized carbons (Fsp3) is 0.250. The maximum absolute atomic E-state index is 6.31. The average molecular weight is 385 g/mol. The van der Waals surface area contributed by atoms with Crippen LogP contribution in [0.5, 0.6) is 40.2 Å². The molecule has 0 atom stereocenters. The Morgan fingerprint density at radius 3 is 2.07 bits per heavy atom. The molecule has 0 radical (unpaired) electrons. The van der Waals surface area contributed by atoms with Crippen molar-refractivity contribution in [2.45, 2.75) is 0 Å². The summed E-state index contributed by atoms with van der Waals surface area (Å²) >= 11 is 0. The Morgan fingerprint density at radius 1 is 0.679 bits per heavy atom. The van der Waals surface area contributed by atoms with Crippen LogP contribution in [0, 0.1) is 0 Å². The Morgan fingerprint density at radius 2 is 1.43 bits per heavy atom. The van der Waals surface area contributed by atoms with Crippen molar-refractivity contribution in [3.05, 3.63) is 24.5 Å². The van der Waals surface area contributed by atoms with E-state index in [0.29, 0.717) is 62.6 Å². The van der Waals surface area contributed by atoms with E-state index in [1.165, 1.54) is 14.2 Å². The highest BCUT2D eigenvalue weighted by molar-refractivity contribution is 5.92. The lowest BCUT2D eigenvalue weighted by Crippen LogP contribution is -2.00. The van der Waals surface area contributed by atoms with Gasteiger partial charge in [-0.15, -0.1) is 0 Å². The molecule has 0 saturated heterocycles. The van der Waals surface area contributed by atoms with Gasteiger partial charge < -0.3 is 32.9 Å². The summed E-state index contributed by atoms with van der Waals surface area (Å²) in [6.07, 6.45) is 1.55. The van der Waals surface area contributed by atoms with E-state index in [1.54, 1.807) is 39.7 Å². The Kier molecular flexibility index (Phi) is 4.38. The Balaban J connectivity index is 2.10. The van der Waals surface area contributed by atoms with Crippen LogP contribution in [0.15, 0.2) is 29.0 Å². The van der Waals surface area contributed by atoms with Crippen molar-refractivity contribution < 1.29 is 32.9 Å². The molecule has 1 aliphatic heterocycles. The second-order valence-electron chi connectivity index (χ2n) is 5.91. The quantitative estimate of drug-likeness (QED) is 0.507. The van der Waals surface area contributed by atoms with Gasteiger partial charge in [-0.2, -0.15) is 0 Å². The smallest absolute Gasteiger partial charge is 0.208 e. The number of fused-ring (bicyclic) bond motifs is 5. The van der Waals surface area contributed by atoms with E-state index >= 15 is 0 Å². The van der Waals surface area contributed by atoms with Gasteiger partial charge >= 0.3 is 0 Å². The number of nitrogens with zero attached hydrogens (tertiary/aromatic N) is 1. The van der Waals surface area contributed by atoms with Gasteiger partial charge in [0.15, 0.2) is 23.0 Å². The van der Waals surface area contributed by atoms with Crippen molar-refractivity contribution in [1.82, 2.24) is 5.16 Å². The van der Waals surface area contributed by atoms with Crippen molar-refractivity contribution in [1.29, 1.82) is 0 Å². The molecule has 8 nitrogen and oxygen atoms in total. The topological polar surface area (TPSA) is 81.4 Å². The van der Waals surface area contributed by atoms with Gasteiger partial charge in [0.1, 0.15) is 17.7 Å². The van der Waals surface area contributed by atoms with Crippen molar-refractivity contribution in [2.75, 3.05) is 35.5 Å². The zero-order chi connectivity index (χ0) is 19.8. The number of benzene rings is 2. The minimum atomic E-state index is 0.384. The second kappa shape index (κ2) is 6.88. The third-order valence-electron chi connectivity index (χ3n) is 4.59. The molecular formula is C20H19NO7. The van der Waals surface area contributed by atoms with E-state index in [9.17, 15) is 0 Å². The van der Waals surface area contributed by atoms with Gasteiger partial charge in [-0.1, -0.05) is 5.16 Å². The number of hydrogen-bond acceptors (Lipinski definition) is 8. The lowest BCUT2D eigenvalue weighted by Gasteiger charge is -2.19. The van der Waals surface area contributed by atoms with Gasteiger partial charge in [-0.25, -0.2) is 0 Å². The highest BCUT2D eigenvalue weighted by Gasteiger charge is 2.32. The van der Waals surface area contributed by atoms with Crippen LogP contribution < -0.4 is 28.4 Å². The minimum Gasteiger partial charge on any atom is -0.497 e. The van der Waals surface area contributed by atoms with E-state index in [1.807, 2.05) is 6.07 Å². The average Bonchev–Trinajstić information content (AvgIpc) is 3.17. The molecule has 2 aromatic carbocycles. The summed E-state index contributed by atoms with van der Waals surface area (Å²) in [6, 6.07) is 5.34. The van der Waals surface area contributed by atoms with Gasteiger partial charge in [-0.05, 0) is 12.1 Å². The van der Waals surface area contributed by atoms with Crippen LogP contribution in [-0.2, 0) is 0 Å². The van der Waals surface area contributed by atoms with Gasteiger partial charge in [-0.3, -0.25) is 0 Å². The van der Waals surface area contributed by atoms with E-state index < -0.39 is 0 Å². The maximum Gasteiger partial charge on any atom is 0.208 e. The molecule has 1 aromatic heterocycles. The number of hydrogen-bond donors (Lipinski definition) is 0. The predicted octanol–water partition coefficient (Wildman–Crippen LogP) is 4.16. The second-order valence-corrected chi connectivity index (χ2v) is 5.91. The van der Waals surface area contributed by atoms with Gasteiger partial charge in [0.2, 0.25) is 11.5 Å². The standard InChI is InChI=1S/C20H19NO7/c1-22-10-6-12-16-13(9-27-21-16)11-8-15(24-3)19(25-4)20(26-5)18(11)28-17(12)14(7-10)23-2/h6-9H,1-5H3. The normalized spacial score (nSPS) is 11.3. The summed E-state index contributed by atoms with van der Waals surface area (Å²) in [6.45, 7) is 0. The monoisotopic (exact) mass is 385 g/mol. The van der Waals surface area contributed by atoms with Crippen molar-refractivity contribution in [3.63, 3.8) is 0 Å². The van der Waals surface area contributed by atoms with E-state index in [4.69, 9.17) is 32.9 Å². The zero-order valence-electron chi connectivity index (χ0n) is 16.1. The van der Waals surface area contributed by atoms with Crippen LogP contribution in [0.2, 0.25) is 0 Å².